The lowest BCUT2D eigenvalue weighted by Crippen LogP contribution is -2.21. The summed E-state index contributed by atoms with van der Waals surface area (Å²) in [5.74, 6) is 0.542. The van der Waals surface area contributed by atoms with E-state index in [0.717, 1.165) is 17.7 Å². The number of nitrogens with zero attached hydrogens (tertiary/aromatic N) is 3. The first-order valence-electron chi connectivity index (χ1n) is 6.26. The molecule has 2 heterocycles. The first-order chi connectivity index (χ1) is 9.31. The molecule has 2 aromatic heterocycles. The van der Waals surface area contributed by atoms with Crippen LogP contribution in [0.25, 0.3) is 0 Å². The van der Waals surface area contributed by atoms with Crippen LogP contribution in [0, 0.1) is 0 Å². The predicted molar refractivity (Wildman–Crippen MR) is 73.1 cm³/mol. The van der Waals surface area contributed by atoms with Gasteiger partial charge in [-0.3, -0.25) is 9.97 Å². The van der Waals surface area contributed by atoms with Gasteiger partial charge in [-0.05, 0) is 30.7 Å². The first-order valence-corrected chi connectivity index (χ1v) is 6.26. The molecule has 0 aliphatic carbocycles. The Kier molecular flexibility index (Phi) is 4.41. The Bertz CT molecular complexity index is 497. The van der Waals surface area contributed by atoms with Gasteiger partial charge in [-0.15, -0.1) is 0 Å². The Morgan fingerprint density at radius 3 is 2.74 bits per heavy atom. The minimum absolute atomic E-state index is 0.0541. The molecule has 1 atom stereocenters. The van der Waals surface area contributed by atoms with Crippen molar-refractivity contribution in [3.05, 3.63) is 47.7 Å². The van der Waals surface area contributed by atoms with Crippen LogP contribution in [-0.4, -0.2) is 29.1 Å². The summed E-state index contributed by atoms with van der Waals surface area (Å²) in [4.78, 5) is 12.8. The van der Waals surface area contributed by atoms with E-state index in [0.29, 0.717) is 5.88 Å². The molecule has 0 fully saturated rings. The van der Waals surface area contributed by atoms with Gasteiger partial charge in [0, 0.05) is 24.8 Å². The van der Waals surface area contributed by atoms with Crippen LogP contribution in [0.4, 0.5) is 0 Å². The summed E-state index contributed by atoms with van der Waals surface area (Å²) in [6, 6.07) is 1.95. The standard InChI is InChI=1S/C14H18N4O/c1-4-10-9-16-6-5-11(10)12(15-2)13-14(19-3)18-8-7-17-13/h5-9,12,15H,4H2,1-3H3. The molecule has 2 rings (SSSR count). The Hall–Kier alpha value is -2.01. The zero-order chi connectivity index (χ0) is 13.7. The molecule has 0 saturated heterocycles. The van der Waals surface area contributed by atoms with Crippen molar-refractivity contribution in [1.29, 1.82) is 0 Å². The summed E-state index contributed by atoms with van der Waals surface area (Å²) in [6.07, 6.45) is 7.91. The van der Waals surface area contributed by atoms with Gasteiger partial charge < -0.3 is 10.1 Å². The van der Waals surface area contributed by atoms with Gasteiger partial charge in [0.05, 0.1) is 13.2 Å². The van der Waals surface area contributed by atoms with E-state index in [9.17, 15) is 0 Å². The largest absolute Gasteiger partial charge is 0.480 e. The van der Waals surface area contributed by atoms with Crippen molar-refractivity contribution in [2.75, 3.05) is 14.2 Å². The molecule has 0 aliphatic rings. The highest BCUT2D eigenvalue weighted by molar-refractivity contribution is 5.36. The molecule has 2 aromatic rings. The van der Waals surface area contributed by atoms with Gasteiger partial charge in [-0.1, -0.05) is 6.92 Å². The van der Waals surface area contributed by atoms with E-state index in [2.05, 4.69) is 27.2 Å². The fourth-order valence-electron chi connectivity index (χ4n) is 2.15. The lowest BCUT2D eigenvalue weighted by Gasteiger charge is -2.20. The minimum atomic E-state index is -0.0541. The molecule has 0 aliphatic heterocycles. The van der Waals surface area contributed by atoms with Gasteiger partial charge in [0.15, 0.2) is 0 Å². The van der Waals surface area contributed by atoms with E-state index in [1.54, 1.807) is 25.7 Å². The van der Waals surface area contributed by atoms with Crippen molar-refractivity contribution in [3.8, 4) is 5.88 Å². The van der Waals surface area contributed by atoms with Gasteiger partial charge in [-0.2, -0.15) is 0 Å². The monoisotopic (exact) mass is 258 g/mol. The summed E-state index contributed by atoms with van der Waals surface area (Å²) in [6.45, 7) is 2.11. The van der Waals surface area contributed by atoms with Crippen molar-refractivity contribution < 1.29 is 4.74 Å². The predicted octanol–water partition coefficient (Wildman–Crippen LogP) is 1.75. The van der Waals surface area contributed by atoms with Crippen LogP contribution in [-0.2, 0) is 6.42 Å². The SMILES string of the molecule is CCc1cnccc1C(NC)c1nccnc1OC. The maximum absolute atomic E-state index is 5.29. The Labute approximate surface area is 113 Å². The summed E-state index contributed by atoms with van der Waals surface area (Å²) >= 11 is 0. The van der Waals surface area contributed by atoms with Crippen LogP contribution in [0.3, 0.4) is 0 Å². The lowest BCUT2D eigenvalue weighted by atomic mass is 9.98. The summed E-state index contributed by atoms with van der Waals surface area (Å²) in [7, 11) is 3.51. The fraction of sp³-hybridized carbons (Fsp3) is 0.357. The van der Waals surface area contributed by atoms with Gasteiger partial charge in [0.2, 0.25) is 5.88 Å². The topological polar surface area (TPSA) is 59.9 Å². The highest BCUT2D eigenvalue weighted by Gasteiger charge is 2.20. The third-order valence-electron chi connectivity index (χ3n) is 3.08. The number of nitrogens with one attached hydrogen (secondary N) is 1. The van der Waals surface area contributed by atoms with Crippen LogP contribution in [0.15, 0.2) is 30.9 Å². The van der Waals surface area contributed by atoms with E-state index in [4.69, 9.17) is 4.74 Å². The number of rotatable bonds is 5. The molecule has 1 N–H and O–H groups in total. The summed E-state index contributed by atoms with van der Waals surface area (Å²) in [5.41, 5.74) is 3.13. The molecular formula is C14H18N4O. The molecule has 0 aromatic carbocycles. The number of pyridine rings is 1. The van der Waals surface area contributed by atoms with Crippen LogP contribution < -0.4 is 10.1 Å². The van der Waals surface area contributed by atoms with Gasteiger partial charge in [0.1, 0.15) is 5.69 Å². The maximum Gasteiger partial charge on any atom is 0.237 e. The number of hydrogen-bond donors (Lipinski definition) is 1. The van der Waals surface area contributed by atoms with E-state index in [1.165, 1.54) is 5.56 Å². The third-order valence-corrected chi connectivity index (χ3v) is 3.08. The zero-order valence-electron chi connectivity index (χ0n) is 11.4. The molecule has 19 heavy (non-hydrogen) atoms. The average Bonchev–Trinajstić information content (AvgIpc) is 2.49. The van der Waals surface area contributed by atoms with E-state index in [1.807, 2.05) is 19.3 Å². The molecule has 0 radical (unpaired) electrons. The number of methoxy groups -OCH3 is 1. The normalized spacial score (nSPS) is 12.2. The van der Waals surface area contributed by atoms with Crippen molar-refractivity contribution in [2.45, 2.75) is 19.4 Å². The van der Waals surface area contributed by atoms with Gasteiger partial charge >= 0.3 is 0 Å². The van der Waals surface area contributed by atoms with E-state index in [-0.39, 0.29) is 6.04 Å². The second-order valence-corrected chi connectivity index (χ2v) is 4.10. The molecule has 0 amide bonds. The molecule has 5 nitrogen and oxygen atoms in total. The second kappa shape index (κ2) is 6.24. The van der Waals surface area contributed by atoms with Crippen molar-refractivity contribution in [2.24, 2.45) is 0 Å². The van der Waals surface area contributed by atoms with Gasteiger partial charge in [0.25, 0.3) is 0 Å². The quantitative estimate of drug-likeness (QED) is 0.885. The van der Waals surface area contributed by atoms with Crippen molar-refractivity contribution in [3.63, 3.8) is 0 Å². The average molecular weight is 258 g/mol. The summed E-state index contributed by atoms with van der Waals surface area (Å²) in [5, 5.41) is 3.27. The van der Waals surface area contributed by atoms with Crippen LogP contribution in [0.1, 0.15) is 29.8 Å². The molecule has 100 valence electrons. The summed E-state index contributed by atoms with van der Waals surface area (Å²) < 4.78 is 5.29. The van der Waals surface area contributed by atoms with Crippen LogP contribution >= 0.6 is 0 Å². The van der Waals surface area contributed by atoms with Crippen molar-refractivity contribution >= 4 is 0 Å². The van der Waals surface area contributed by atoms with Crippen LogP contribution in [0.2, 0.25) is 0 Å². The Morgan fingerprint density at radius 1 is 1.26 bits per heavy atom. The molecule has 1 unspecified atom stereocenters. The molecule has 0 saturated carbocycles. The Balaban J connectivity index is 2.50. The number of ether oxygens (including phenoxy) is 1. The first kappa shape index (κ1) is 13.4. The van der Waals surface area contributed by atoms with Gasteiger partial charge in [-0.25, -0.2) is 4.98 Å². The minimum Gasteiger partial charge on any atom is -0.480 e. The Morgan fingerprint density at radius 2 is 2.05 bits per heavy atom. The molecule has 0 spiro atoms. The highest BCUT2D eigenvalue weighted by Crippen LogP contribution is 2.27. The second-order valence-electron chi connectivity index (χ2n) is 4.10. The van der Waals surface area contributed by atoms with Crippen molar-refractivity contribution in [1.82, 2.24) is 20.3 Å². The van der Waals surface area contributed by atoms with E-state index < -0.39 is 0 Å². The molecule has 0 bridgehead atoms. The number of hydrogen-bond acceptors (Lipinski definition) is 5. The smallest absolute Gasteiger partial charge is 0.237 e. The molecular weight excluding hydrogens is 240 g/mol. The van der Waals surface area contributed by atoms with E-state index >= 15 is 0 Å². The third kappa shape index (κ3) is 2.71. The van der Waals surface area contributed by atoms with Crippen LogP contribution in [0.5, 0.6) is 5.88 Å². The maximum atomic E-state index is 5.29. The highest BCUT2D eigenvalue weighted by atomic mass is 16.5. The zero-order valence-corrected chi connectivity index (χ0v) is 11.4. The number of aryl methyl sites for hydroxylation is 1. The molecule has 5 heteroatoms. The lowest BCUT2D eigenvalue weighted by molar-refractivity contribution is 0.384. The fourth-order valence-corrected chi connectivity index (χ4v) is 2.15. The number of aromatic nitrogens is 3.